The first kappa shape index (κ1) is 13.4. The van der Waals surface area contributed by atoms with Gasteiger partial charge < -0.3 is 9.47 Å². The highest BCUT2D eigenvalue weighted by Gasteiger charge is 2.19. The molecule has 1 aromatic heterocycles. The molecule has 0 saturated carbocycles. The molecule has 3 heteroatoms. The zero-order valence-corrected chi connectivity index (χ0v) is 12.0. The fourth-order valence-electron chi connectivity index (χ4n) is 2.53. The van der Waals surface area contributed by atoms with Gasteiger partial charge in [0, 0.05) is 30.7 Å². The van der Waals surface area contributed by atoms with E-state index < -0.39 is 0 Å². The number of hydrogen-bond acceptors (Lipinski definition) is 2. The molecule has 0 amide bonds. The minimum atomic E-state index is 0.0928. The number of carbonyl (C=O) groups is 1. The van der Waals surface area contributed by atoms with Crippen molar-refractivity contribution in [2.24, 2.45) is 0 Å². The summed E-state index contributed by atoms with van der Waals surface area (Å²) in [6, 6.07) is 14.3. The second-order valence-corrected chi connectivity index (χ2v) is 5.20. The summed E-state index contributed by atoms with van der Waals surface area (Å²) in [4.78, 5) is 13.8. The molecule has 0 spiro atoms. The lowest BCUT2D eigenvalue weighted by atomic mass is 10.1. The molecule has 0 radical (unpaired) electrons. The van der Waals surface area contributed by atoms with Gasteiger partial charge in [0.05, 0.1) is 0 Å². The van der Waals surface area contributed by atoms with Crippen LogP contribution < -0.4 is 0 Å². The second kappa shape index (κ2) is 5.83. The Morgan fingerprint density at radius 1 is 1.10 bits per heavy atom. The van der Waals surface area contributed by atoms with Crippen LogP contribution in [0.5, 0.6) is 0 Å². The van der Waals surface area contributed by atoms with E-state index in [4.69, 9.17) is 0 Å². The third kappa shape index (κ3) is 2.97. The Morgan fingerprint density at radius 3 is 2.48 bits per heavy atom. The Kier molecular flexibility index (Phi) is 3.73. The zero-order valence-electron chi connectivity index (χ0n) is 12.0. The first-order chi connectivity index (χ1) is 10.2. The number of ketones is 1. The number of hydrogen-bond donors (Lipinski definition) is 0. The lowest BCUT2D eigenvalue weighted by Gasteiger charge is -2.32. The van der Waals surface area contributed by atoms with Crippen LogP contribution in [0.2, 0.25) is 0 Å². The third-order valence-corrected chi connectivity index (χ3v) is 3.64. The number of allylic oxidation sites excluding steroid dienone is 2. The Morgan fingerprint density at radius 2 is 1.81 bits per heavy atom. The van der Waals surface area contributed by atoms with Crippen LogP contribution in [-0.2, 0) is 11.3 Å². The monoisotopic (exact) mass is 278 g/mol. The number of Topliss-reactive ketones (excluding diaryl/α,β-unsaturated/α-hetero) is 1. The van der Waals surface area contributed by atoms with Crippen LogP contribution in [0.25, 0.3) is 0 Å². The van der Waals surface area contributed by atoms with Crippen molar-refractivity contribution in [3.8, 4) is 0 Å². The van der Waals surface area contributed by atoms with Crippen LogP contribution in [0.3, 0.4) is 0 Å². The van der Waals surface area contributed by atoms with Crippen LogP contribution in [-0.4, -0.2) is 15.3 Å². The Hall–Kier alpha value is -2.55. The normalized spacial score (nSPS) is 17.7. The first-order valence-corrected chi connectivity index (χ1v) is 7.07. The van der Waals surface area contributed by atoms with Crippen molar-refractivity contribution < 1.29 is 4.79 Å². The molecular formula is C18H18N2O. The van der Waals surface area contributed by atoms with Gasteiger partial charge in [-0.25, -0.2) is 0 Å². The fraction of sp³-hybridized carbons (Fsp3) is 0.167. The van der Waals surface area contributed by atoms with Gasteiger partial charge in [0.2, 0.25) is 0 Å². The van der Waals surface area contributed by atoms with E-state index in [2.05, 4.69) is 27.7 Å². The summed E-state index contributed by atoms with van der Waals surface area (Å²) in [7, 11) is 0. The first-order valence-electron chi connectivity index (χ1n) is 7.07. The average molecular weight is 278 g/mol. The van der Waals surface area contributed by atoms with Gasteiger partial charge in [0.1, 0.15) is 6.17 Å². The molecule has 2 aromatic rings. The van der Waals surface area contributed by atoms with Gasteiger partial charge in [-0.1, -0.05) is 36.4 Å². The number of rotatable bonds is 4. The van der Waals surface area contributed by atoms with E-state index in [0.717, 1.165) is 12.1 Å². The molecule has 1 aromatic carbocycles. The van der Waals surface area contributed by atoms with Crippen molar-refractivity contribution in [3.63, 3.8) is 0 Å². The van der Waals surface area contributed by atoms with E-state index in [0.29, 0.717) is 0 Å². The van der Waals surface area contributed by atoms with Crippen LogP contribution in [0.4, 0.5) is 0 Å². The zero-order chi connectivity index (χ0) is 14.7. The van der Waals surface area contributed by atoms with E-state index in [9.17, 15) is 4.79 Å². The van der Waals surface area contributed by atoms with Gasteiger partial charge in [-0.15, -0.1) is 0 Å². The van der Waals surface area contributed by atoms with E-state index in [1.165, 1.54) is 5.56 Å². The highest BCUT2D eigenvalue weighted by molar-refractivity contribution is 5.96. The molecule has 0 N–H and O–H groups in total. The van der Waals surface area contributed by atoms with Crippen molar-refractivity contribution in [3.05, 3.63) is 84.3 Å². The van der Waals surface area contributed by atoms with Gasteiger partial charge in [0.15, 0.2) is 5.78 Å². The summed E-state index contributed by atoms with van der Waals surface area (Å²) in [5, 5.41) is 0. The van der Waals surface area contributed by atoms with Crippen LogP contribution in [0, 0.1) is 0 Å². The molecule has 0 fully saturated rings. The van der Waals surface area contributed by atoms with Crippen LogP contribution >= 0.6 is 0 Å². The summed E-state index contributed by atoms with van der Waals surface area (Å²) in [6.45, 7) is 2.37. The van der Waals surface area contributed by atoms with E-state index in [1.54, 1.807) is 6.92 Å². The topological polar surface area (TPSA) is 25.2 Å². The lowest BCUT2D eigenvalue weighted by Crippen LogP contribution is -2.29. The number of aromatic nitrogens is 1. The fourth-order valence-corrected chi connectivity index (χ4v) is 2.53. The number of nitrogens with zero attached hydrogens (tertiary/aromatic N) is 2. The van der Waals surface area contributed by atoms with Crippen LogP contribution in [0.15, 0.2) is 78.8 Å². The highest BCUT2D eigenvalue weighted by atomic mass is 16.1. The summed E-state index contributed by atoms with van der Waals surface area (Å²) >= 11 is 0. The molecule has 0 bridgehead atoms. The summed E-state index contributed by atoms with van der Waals surface area (Å²) in [5.41, 5.74) is 1.97. The maximum absolute atomic E-state index is 11.6. The van der Waals surface area contributed by atoms with Gasteiger partial charge >= 0.3 is 0 Å². The predicted octanol–water partition coefficient (Wildman–Crippen LogP) is 3.53. The van der Waals surface area contributed by atoms with Crippen molar-refractivity contribution >= 4 is 5.78 Å². The largest absolute Gasteiger partial charge is 0.349 e. The standard InChI is InChI=1S/C18H18N2O/c1-15(21)17-9-10-18(19-11-5-6-12-19)20(14-17)13-16-7-3-2-4-8-16/h2-12,14,18H,13H2,1H3. The molecule has 0 saturated heterocycles. The molecule has 1 aliphatic rings. The molecule has 0 aliphatic carbocycles. The molecular weight excluding hydrogens is 260 g/mol. The highest BCUT2D eigenvalue weighted by Crippen LogP contribution is 2.25. The lowest BCUT2D eigenvalue weighted by molar-refractivity contribution is -0.113. The molecule has 21 heavy (non-hydrogen) atoms. The van der Waals surface area contributed by atoms with E-state index in [1.807, 2.05) is 55.0 Å². The Balaban J connectivity index is 1.90. The number of carbonyl (C=O) groups excluding carboxylic acids is 1. The molecule has 2 heterocycles. The van der Waals surface area contributed by atoms with Crippen LogP contribution in [0.1, 0.15) is 18.7 Å². The molecule has 106 valence electrons. The summed E-state index contributed by atoms with van der Waals surface area (Å²) in [6.07, 6.45) is 10.1. The van der Waals surface area contributed by atoms with Crippen molar-refractivity contribution in [2.45, 2.75) is 19.6 Å². The van der Waals surface area contributed by atoms with Crippen molar-refractivity contribution in [1.82, 2.24) is 9.47 Å². The minimum absolute atomic E-state index is 0.0928. The number of benzene rings is 1. The van der Waals surface area contributed by atoms with Gasteiger partial charge in [-0.3, -0.25) is 4.79 Å². The minimum Gasteiger partial charge on any atom is -0.349 e. The maximum atomic E-state index is 11.6. The maximum Gasteiger partial charge on any atom is 0.161 e. The SMILES string of the molecule is CC(=O)C1=CN(Cc2ccccc2)C(n2cccc2)C=C1. The summed E-state index contributed by atoms with van der Waals surface area (Å²) < 4.78 is 2.13. The molecule has 1 unspecified atom stereocenters. The summed E-state index contributed by atoms with van der Waals surface area (Å²) in [5.74, 6) is 0.0928. The quantitative estimate of drug-likeness (QED) is 0.855. The average Bonchev–Trinajstić information content (AvgIpc) is 3.02. The molecule has 1 atom stereocenters. The molecule has 3 nitrogen and oxygen atoms in total. The van der Waals surface area contributed by atoms with E-state index >= 15 is 0 Å². The van der Waals surface area contributed by atoms with E-state index in [-0.39, 0.29) is 11.9 Å². The molecule has 3 rings (SSSR count). The Labute approximate surface area is 124 Å². The van der Waals surface area contributed by atoms with Crippen molar-refractivity contribution in [2.75, 3.05) is 0 Å². The third-order valence-electron chi connectivity index (χ3n) is 3.64. The van der Waals surface area contributed by atoms with Gasteiger partial charge in [0.25, 0.3) is 0 Å². The Bertz CT molecular complexity index is 669. The van der Waals surface area contributed by atoms with Gasteiger partial charge in [-0.05, 0) is 30.7 Å². The van der Waals surface area contributed by atoms with Crippen molar-refractivity contribution in [1.29, 1.82) is 0 Å². The predicted molar refractivity (Wildman–Crippen MR) is 83.4 cm³/mol. The molecule has 1 aliphatic heterocycles. The second-order valence-electron chi connectivity index (χ2n) is 5.20. The van der Waals surface area contributed by atoms with Gasteiger partial charge in [-0.2, -0.15) is 0 Å². The smallest absolute Gasteiger partial charge is 0.161 e.